The third kappa shape index (κ3) is 6.08. The molecule has 0 radical (unpaired) electrons. The molecular weight excluding hydrogens is 701 g/mol. The Bertz CT molecular complexity index is 890. The summed E-state index contributed by atoms with van der Waals surface area (Å²) in [5, 5.41) is 12.2. The molecule has 150 valence electrons. The molecule has 0 saturated heterocycles. The Morgan fingerprint density at radius 1 is 1.21 bits per heavy atom. The summed E-state index contributed by atoms with van der Waals surface area (Å²) in [6.45, 7) is 2.00. The van der Waals surface area contributed by atoms with Gasteiger partial charge in [-0.15, -0.1) is 0 Å². The Morgan fingerprint density at radius 2 is 1.93 bits per heavy atom. The summed E-state index contributed by atoms with van der Waals surface area (Å²) in [5.74, 6) is -0.885. The molecule has 0 spiro atoms. The molecule has 1 amide bonds. The van der Waals surface area contributed by atoms with Crippen LogP contribution in [0.25, 0.3) is 0 Å². The highest BCUT2D eigenvalue weighted by molar-refractivity contribution is 14.1. The molecule has 9 heteroatoms. The molecule has 0 unspecified atom stereocenters. The Balaban J connectivity index is 2.20. The molecule has 2 rings (SSSR count). The number of hydrogen-bond donors (Lipinski definition) is 3. The van der Waals surface area contributed by atoms with Crippen LogP contribution in [0.5, 0.6) is 5.75 Å². The molecule has 0 aromatic heterocycles. The SMILES string of the molecule is CCCC[C@H](Oc1cccc(NC(=O)c2c(I)cc(I)c(N)c2I)c1)C(=O)O. The molecule has 4 N–H and O–H groups in total. The summed E-state index contributed by atoms with van der Waals surface area (Å²) < 4.78 is 8.01. The van der Waals surface area contributed by atoms with Crippen molar-refractivity contribution in [3.05, 3.63) is 46.6 Å². The standard InChI is InChI=1S/C19H19I3N2O4/c1-2-3-7-14(19(26)27)28-11-6-4-5-10(8-11)24-18(25)15-12(20)9-13(21)17(23)16(15)22/h4-6,8-9,14H,2-3,7,23H2,1H3,(H,24,25)(H,26,27)/t14-/m0/s1. The minimum absolute atomic E-state index is 0.283. The number of carbonyl (C=O) groups excluding carboxylic acids is 1. The van der Waals surface area contributed by atoms with Gasteiger partial charge >= 0.3 is 5.97 Å². The highest BCUT2D eigenvalue weighted by Crippen LogP contribution is 2.30. The van der Waals surface area contributed by atoms with E-state index in [9.17, 15) is 14.7 Å². The lowest BCUT2D eigenvalue weighted by atomic mass is 10.1. The number of carbonyl (C=O) groups is 2. The summed E-state index contributed by atoms with van der Waals surface area (Å²) >= 11 is 6.32. The van der Waals surface area contributed by atoms with Crippen LogP contribution in [-0.4, -0.2) is 23.1 Å². The van der Waals surface area contributed by atoms with Crippen molar-refractivity contribution < 1.29 is 19.4 Å². The van der Waals surface area contributed by atoms with Gasteiger partial charge in [0.05, 0.1) is 14.8 Å². The summed E-state index contributed by atoms with van der Waals surface area (Å²) in [7, 11) is 0. The molecule has 1 atom stereocenters. The van der Waals surface area contributed by atoms with Crippen LogP contribution in [0.2, 0.25) is 0 Å². The number of anilines is 2. The van der Waals surface area contributed by atoms with Gasteiger partial charge in [-0.2, -0.15) is 0 Å². The van der Waals surface area contributed by atoms with Crippen LogP contribution in [0.4, 0.5) is 11.4 Å². The van der Waals surface area contributed by atoms with E-state index in [-0.39, 0.29) is 5.91 Å². The third-order valence-corrected chi connectivity index (χ3v) is 6.76. The van der Waals surface area contributed by atoms with Gasteiger partial charge in [-0.3, -0.25) is 4.79 Å². The van der Waals surface area contributed by atoms with Crippen LogP contribution >= 0.6 is 67.8 Å². The predicted molar refractivity (Wildman–Crippen MR) is 135 cm³/mol. The number of nitrogens with one attached hydrogen (secondary N) is 1. The monoisotopic (exact) mass is 720 g/mol. The molecule has 0 aliphatic carbocycles. The van der Waals surface area contributed by atoms with Gasteiger partial charge in [-0.25, -0.2) is 4.79 Å². The second-order valence-corrected chi connectivity index (χ2v) is 9.41. The first kappa shape index (κ1) is 23.4. The average Bonchev–Trinajstić information content (AvgIpc) is 2.63. The van der Waals surface area contributed by atoms with E-state index >= 15 is 0 Å². The van der Waals surface area contributed by atoms with Gasteiger partial charge in [-0.05, 0) is 98.8 Å². The van der Waals surface area contributed by atoms with Crippen LogP contribution in [-0.2, 0) is 4.79 Å². The highest BCUT2D eigenvalue weighted by Gasteiger charge is 2.20. The topological polar surface area (TPSA) is 102 Å². The fraction of sp³-hybridized carbons (Fsp3) is 0.263. The van der Waals surface area contributed by atoms with Crippen LogP contribution in [0.15, 0.2) is 30.3 Å². The van der Waals surface area contributed by atoms with Crippen molar-refractivity contribution in [3.8, 4) is 5.75 Å². The van der Waals surface area contributed by atoms with Crippen molar-refractivity contribution in [3.63, 3.8) is 0 Å². The van der Waals surface area contributed by atoms with E-state index in [1.54, 1.807) is 24.3 Å². The van der Waals surface area contributed by atoms with Gasteiger partial charge in [0.15, 0.2) is 6.10 Å². The first-order valence-corrected chi connectivity index (χ1v) is 11.7. The maximum atomic E-state index is 12.8. The Kier molecular flexibility index (Phi) is 9.05. The zero-order valence-corrected chi connectivity index (χ0v) is 21.4. The van der Waals surface area contributed by atoms with Crippen molar-refractivity contribution in [1.29, 1.82) is 0 Å². The van der Waals surface area contributed by atoms with E-state index in [2.05, 4.69) is 73.1 Å². The molecule has 0 aliphatic heterocycles. The van der Waals surface area contributed by atoms with E-state index in [1.165, 1.54) is 0 Å². The van der Waals surface area contributed by atoms with E-state index < -0.39 is 12.1 Å². The first-order valence-electron chi connectivity index (χ1n) is 8.48. The van der Waals surface area contributed by atoms with E-state index in [0.717, 1.165) is 20.0 Å². The van der Waals surface area contributed by atoms with Crippen molar-refractivity contribution >= 4 is 91.0 Å². The summed E-state index contributed by atoms with van der Waals surface area (Å²) in [4.78, 5) is 24.2. The normalized spacial score (nSPS) is 11.7. The Labute approximate surface area is 204 Å². The largest absolute Gasteiger partial charge is 0.479 e. The molecule has 0 aliphatic rings. The summed E-state index contributed by atoms with van der Waals surface area (Å²) in [5.41, 5.74) is 7.66. The molecule has 0 bridgehead atoms. The van der Waals surface area contributed by atoms with Gasteiger partial charge < -0.3 is 20.9 Å². The molecule has 6 nitrogen and oxygen atoms in total. The molecule has 2 aromatic rings. The molecule has 0 saturated carbocycles. The number of nitrogen functional groups attached to an aromatic ring is 1. The van der Waals surface area contributed by atoms with Crippen LogP contribution in [0.3, 0.4) is 0 Å². The van der Waals surface area contributed by atoms with Crippen LogP contribution < -0.4 is 15.8 Å². The molecule has 2 aromatic carbocycles. The smallest absolute Gasteiger partial charge is 0.344 e. The summed E-state index contributed by atoms with van der Waals surface area (Å²) in [6.07, 6.45) is 1.17. The zero-order valence-electron chi connectivity index (χ0n) is 15.0. The number of carboxylic acids is 1. The third-order valence-electron chi connectivity index (χ3n) is 3.90. The van der Waals surface area contributed by atoms with Crippen molar-refractivity contribution in [2.24, 2.45) is 0 Å². The zero-order chi connectivity index (χ0) is 20.8. The average molecular weight is 720 g/mol. The first-order chi connectivity index (χ1) is 13.2. The quantitative estimate of drug-likeness (QED) is 0.252. The van der Waals surface area contributed by atoms with Gasteiger partial charge in [0, 0.05) is 18.9 Å². The number of rotatable bonds is 8. The van der Waals surface area contributed by atoms with E-state index in [0.29, 0.717) is 32.7 Å². The predicted octanol–water partition coefficient (Wildman–Crippen LogP) is 5.36. The number of aliphatic carboxylic acids is 1. The maximum absolute atomic E-state index is 12.8. The lowest BCUT2D eigenvalue weighted by Gasteiger charge is -2.16. The fourth-order valence-corrected chi connectivity index (χ4v) is 6.30. The van der Waals surface area contributed by atoms with Crippen molar-refractivity contribution in [2.75, 3.05) is 11.1 Å². The second kappa shape index (κ2) is 10.8. The number of carboxylic acid groups (broad SMARTS) is 1. The van der Waals surface area contributed by atoms with Crippen molar-refractivity contribution in [1.82, 2.24) is 0 Å². The van der Waals surface area contributed by atoms with E-state index in [4.69, 9.17) is 10.5 Å². The Morgan fingerprint density at radius 3 is 2.57 bits per heavy atom. The van der Waals surface area contributed by atoms with Gasteiger partial charge in [0.1, 0.15) is 5.75 Å². The van der Waals surface area contributed by atoms with Gasteiger partial charge in [-0.1, -0.05) is 19.4 Å². The number of unbranched alkanes of at least 4 members (excludes halogenated alkanes) is 1. The molecule has 28 heavy (non-hydrogen) atoms. The van der Waals surface area contributed by atoms with Crippen LogP contribution in [0, 0.1) is 10.7 Å². The Hall–Kier alpha value is -0.830. The van der Waals surface area contributed by atoms with Gasteiger partial charge in [0.2, 0.25) is 0 Å². The lowest BCUT2D eigenvalue weighted by Crippen LogP contribution is -2.26. The number of amides is 1. The highest BCUT2D eigenvalue weighted by atomic mass is 127. The second-order valence-electron chi connectivity index (χ2n) is 6.01. The minimum atomic E-state index is -0.999. The number of nitrogens with two attached hydrogens (primary N) is 1. The maximum Gasteiger partial charge on any atom is 0.344 e. The fourth-order valence-electron chi connectivity index (χ4n) is 2.44. The minimum Gasteiger partial charge on any atom is -0.479 e. The van der Waals surface area contributed by atoms with Crippen molar-refractivity contribution in [2.45, 2.75) is 32.3 Å². The number of halogens is 3. The van der Waals surface area contributed by atoms with Gasteiger partial charge in [0.25, 0.3) is 5.91 Å². The molecular formula is C19H19I3N2O4. The number of hydrogen-bond acceptors (Lipinski definition) is 4. The lowest BCUT2D eigenvalue weighted by molar-refractivity contribution is -0.145. The molecule has 0 heterocycles. The molecule has 0 fully saturated rings. The van der Waals surface area contributed by atoms with E-state index in [1.807, 2.05) is 13.0 Å². The number of benzene rings is 2. The number of ether oxygens (including phenoxy) is 1. The van der Waals surface area contributed by atoms with Crippen LogP contribution in [0.1, 0.15) is 36.5 Å². The summed E-state index contributed by atoms with van der Waals surface area (Å²) in [6, 6.07) is 8.59.